The summed E-state index contributed by atoms with van der Waals surface area (Å²) in [5, 5.41) is 3.33. The van der Waals surface area contributed by atoms with Crippen molar-refractivity contribution >= 4 is 11.9 Å². The van der Waals surface area contributed by atoms with Crippen LogP contribution in [0.4, 0.5) is 0 Å². The van der Waals surface area contributed by atoms with Crippen LogP contribution in [0, 0.1) is 5.92 Å². The van der Waals surface area contributed by atoms with Gasteiger partial charge in [0, 0.05) is 18.6 Å². The van der Waals surface area contributed by atoms with Gasteiger partial charge in [0.2, 0.25) is 5.91 Å². The summed E-state index contributed by atoms with van der Waals surface area (Å²) in [6, 6.07) is 18.2. The molecule has 1 amide bonds. The summed E-state index contributed by atoms with van der Waals surface area (Å²) in [7, 11) is 0. The van der Waals surface area contributed by atoms with Gasteiger partial charge in [-0.2, -0.15) is 0 Å². The number of hydrogen-bond acceptors (Lipinski definition) is 4. The highest BCUT2D eigenvalue weighted by molar-refractivity contribution is 5.89. The first-order chi connectivity index (χ1) is 19.0. The molecular formula is C34H46N2O3. The second-order valence-electron chi connectivity index (χ2n) is 12.1. The van der Waals surface area contributed by atoms with Crippen molar-refractivity contribution < 1.29 is 14.3 Å². The average molecular weight is 531 g/mol. The van der Waals surface area contributed by atoms with Gasteiger partial charge < -0.3 is 15.0 Å². The van der Waals surface area contributed by atoms with Crippen molar-refractivity contribution in [3.63, 3.8) is 0 Å². The third kappa shape index (κ3) is 6.24. The fourth-order valence-corrected chi connectivity index (χ4v) is 7.21. The minimum absolute atomic E-state index is 0.0885. The molecule has 2 unspecified atom stereocenters. The monoisotopic (exact) mass is 530 g/mol. The quantitative estimate of drug-likeness (QED) is 0.380. The summed E-state index contributed by atoms with van der Waals surface area (Å²) in [4.78, 5) is 29.1. The van der Waals surface area contributed by atoms with Crippen molar-refractivity contribution in [1.29, 1.82) is 0 Å². The van der Waals surface area contributed by atoms with Gasteiger partial charge in [-0.1, -0.05) is 74.2 Å². The fourth-order valence-electron chi connectivity index (χ4n) is 7.21. The van der Waals surface area contributed by atoms with Gasteiger partial charge in [0.05, 0.1) is 17.9 Å². The maximum absolute atomic E-state index is 13.9. The zero-order chi connectivity index (χ0) is 27.2. The molecule has 2 aromatic carbocycles. The van der Waals surface area contributed by atoms with Crippen molar-refractivity contribution in [3.8, 4) is 11.1 Å². The van der Waals surface area contributed by atoms with Crippen LogP contribution in [0.1, 0.15) is 89.2 Å². The number of nitrogens with zero attached hydrogens (tertiary/aromatic N) is 1. The van der Waals surface area contributed by atoms with Gasteiger partial charge in [-0.15, -0.1) is 0 Å². The van der Waals surface area contributed by atoms with Gasteiger partial charge in [-0.3, -0.25) is 9.59 Å². The first-order valence-electron chi connectivity index (χ1n) is 15.4. The van der Waals surface area contributed by atoms with Crippen LogP contribution in [-0.2, 0) is 26.2 Å². The van der Waals surface area contributed by atoms with Gasteiger partial charge in [0.15, 0.2) is 0 Å². The Morgan fingerprint density at radius 2 is 1.56 bits per heavy atom. The summed E-state index contributed by atoms with van der Waals surface area (Å²) in [6.45, 7) is 6.94. The van der Waals surface area contributed by atoms with Gasteiger partial charge in [-0.25, -0.2) is 0 Å². The number of carbonyl (C=O) groups is 2. The van der Waals surface area contributed by atoms with Crippen molar-refractivity contribution in [2.45, 2.75) is 102 Å². The first-order valence-corrected chi connectivity index (χ1v) is 15.4. The molecule has 0 aromatic heterocycles. The number of ether oxygens (including phenoxy) is 1. The Balaban J connectivity index is 1.26. The van der Waals surface area contributed by atoms with E-state index in [0.29, 0.717) is 6.61 Å². The smallest absolute Gasteiger partial charge is 0.311 e. The van der Waals surface area contributed by atoms with E-state index in [9.17, 15) is 9.59 Å². The fraction of sp³-hybridized carbons (Fsp3) is 0.588. The van der Waals surface area contributed by atoms with E-state index in [-0.39, 0.29) is 23.8 Å². The van der Waals surface area contributed by atoms with E-state index >= 15 is 0 Å². The number of esters is 1. The van der Waals surface area contributed by atoms with Crippen molar-refractivity contribution in [1.82, 2.24) is 10.2 Å². The summed E-state index contributed by atoms with van der Waals surface area (Å²) in [5.41, 5.74) is 4.37. The normalized spacial score (nSPS) is 24.9. The molecule has 210 valence electrons. The maximum Gasteiger partial charge on any atom is 0.311 e. The minimum atomic E-state index is -0.508. The molecule has 39 heavy (non-hydrogen) atoms. The second-order valence-corrected chi connectivity index (χ2v) is 12.1. The summed E-state index contributed by atoms with van der Waals surface area (Å²) in [5.74, 6) is -0.306. The summed E-state index contributed by atoms with van der Waals surface area (Å²) >= 11 is 0. The van der Waals surface area contributed by atoms with Crippen LogP contribution in [0.25, 0.3) is 11.1 Å². The Morgan fingerprint density at radius 1 is 0.897 bits per heavy atom. The standard InChI is InChI=1S/C34H46N2O3/c1-3-39-32(37)30-10-4-5-11-31(30)35-33(38)34(21-6-7-22-34)29-18-16-28(17-19-29)27-14-12-26(13-15-27)20-24-36-23-8-9-25(36)2/h12-19,25,30-31H,3-11,20-24H2,1-2H3,(H,35,38)/t25?,30-,31?/m0/s1. The van der Waals surface area contributed by atoms with Crippen molar-refractivity contribution in [3.05, 3.63) is 59.7 Å². The van der Waals surface area contributed by atoms with Crippen LogP contribution < -0.4 is 5.32 Å². The van der Waals surface area contributed by atoms with Crippen LogP contribution in [0.2, 0.25) is 0 Å². The number of nitrogens with one attached hydrogen (secondary N) is 1. The predicted molar refractivity (Wildman–Crippen MR) is 157 cm³/mol. The highest BCUT2D eigenvalue weighted by atomic mass is 16.5. The lowest BCUT2D eigenvalue weighted by Gasteiger charge is -2.35. The molecule has 1 saturated heterocycles. The molecule has 5 heteroatoms. The van der Waals surface area contributed by atoms with Crippen LogP contribution >= 0.6 is 0 Å². The number of carbonyl (C=O) groups excluding carboxylic acids is 2. The molecule has 1 aliphatic heterocycles. The molecule has 1 heterocycles. The SMILES string of the molecule is CCOC(=O)[C@H]1CCCCC1NC(=O)C1(c2ccc(-c3ccc(CCN4CCCC4C)cc3)cc2)CCCC1. The molecule has 5 nitrogen and oxygen atoms in total. The zero-order valence-corrected chi connectivity index (χ0v) is 23.9. The molecule has 2 saturated carbocycles. The maximum atomic E-state index is 13.9. The Labute approximate surface area is 234 Å². The molecule has 1 N–H and O–H groups in total. The van der Waals surface area contributed by atoms with Crippen LogP contribution in [0.15, 0.2) is 48.5 Å². The Hall–Kier alpha value is -2.66. The zero-order valence-electron chi connectivity index (χ0n) is 23.9. The first kappa shape index (κ1) is 27.9. The van der Waals surface area contributed by atoms with E-state index in [4.69, 9.17) is 4.74 Å². The predicted octanol–water partition coefficient (Wildman–Crippen LogP) is 6.43. The Kier molecular flexibility index (Phi) is 9.06. The third-order valence-corrected chi connectivity index (χ3v) is 9.67. The molecule has 0 radical (unpaired) electrons. The lowest BCUT2D eigenvalue weighted by Crippen LogP contribution is -2.51. The molecule has 3 fully saturated rings. The molecule has 3 atom stereocenters. The second kappa shape index (κ2) is 12.7. The summed E-state index contributed by atoms with van der Waals surface area (Å²) < 4.78 is 5.34. The van der Waals surface area contributed by atoms with E-state index in [1.54, 1.807) is 0 Å². The van der Waals surface area contributed by atoms with E-state index in [0.717, 1.165) is 75.9 Å². The molecule has 5 rings (SSSR count). The molecule has 2 aromatic rings. The van der Waals surface area contributed by atoms with E-state index in [2.05, 4.69) is 65.7 Å². The van der Waals surface area contributed by atoms with Crippen LogP contribution in [0.5, 0.6) is 0 Å². The Bertz CT molecular complexity index is 1100. The van der Waals surface area contributed by atoms with Gasteiger partial charge in [-0.05, 0) is 87.6 Å². The topological polar surface area (TPSA) is 58.6 Å². The van der Waals surface area contributed by atoms with E-state index < -0.39 is 5.41 Å². The number of rotatable bonds is 9. The largest absolute Gasteiger partial charge is 0.466 e. The third-order valence-electron chi connectivity index (χ3n) is 9.67. The van der Waals surface area contributed by atoms with Gasteiger partial charge in [0.25, 0.3) is 0 Å². The van der Waals surface area contributed by atoms with Gasteiger partial charge in [0.1, 0.15) is 0 Å². The lowest BCUT2D eigenvalue weighted by atomic mass is 9.76. The number of likely N-dealkylation sites (tertiary alicyclic amines) is 1. The number of amides is 1. The number of benzene rings is 2. The van der Waals surface area contributed by atoms with Crippen molar-refractivity contribution in [2.24, 2.45) is 5.92 Å². The molecular weight excluding hydrogens is 484 g/mol. The van der Waals surface area contributed by atoms with Gasteiger partial charge >= 0.3 is 5.97 Å². The average Bonchev–Trinajstić information content (AvgIpc) is 3.63. The molecule has 0 spiro atoms. The Morgan fingerprint density at radius 3 is 2.21 bits per heavy atom. The highest BCUT2D eigenvalue weighted by Gasteiger charge is 2.44. The van der Waals surface area contributed by atoms with E-state index in [1.165, 1.54) is 36.1 Å². The molecule has 3 aliphatic rings. The minimum Gasteiger partial charge on any atom is -0.466 e. The molecule has 0 bridgehead atoms. The molecule has 2 aliphatic carbocycles. The van der Waals surface area contributed by atoms with Crippen molar-refractivity contribution in [2.75, 3.05) is 19.7 Å². The highest BCUT2D eigenvalue weighted by Crippen LogP contribution is 2.42. The number of hydrogen-bond donors (Lipinski definition) is 1. The van der Waals surface area contributed by atoms with Crippen LogP contribution in [-0.4, -0.2) is 48.6 Å². The lowest BCUT2D eigenvalue weighted by molar-refractivity contribution is -0.150. The van der Waals surface area contributed by atoms with E-state index in [1.807, 2.05) is 6.92 Å². The summed E-state index contributed by atoms with van der Waals surface area (Å²) in [6.07, 6.45) is 11.3. The van der Waals surface area contributed by atoms with Crippen LogP contribution in [0.3, 0.4) is 0 Å².